The van der Waals surface area contributed by atoms with Gasteiger partial charge < -0.3 is 20.3 Å². The summed E-state index contributed by atoms with van der Waals surface area (Å²) in [6.07, 6.45) is 6.72. The largest absolute Gasteiger partial charge is 0.474 e. The summed E-state index contributed by atoms with van der Waals surface area (Å²) in [5, 5.41) is 6.65. The molecule has 0 radical (unpaired) electrons. The number of carbonyl (C=O) groups excluding carboxylic acids is 1. The molecule has 1 amide bonds. The molecule has 1 aliphatic rings. The topological polar surface area (TPSA) is 78.9 Å². The molecule has 8 heteroatoms. The summed E-state index contributed by atoms with van der Waals surface area (Å²) >= 11 is 0. The first-order valence-electron chi connectivity index (χ1n) is 11.0. The Morgan fingerprint density at radius 3 is 2.53 bits per heavy atom. The molecular formula is C24H34IN5O2. The number of halogens is 1. The molecule has 2 aromatic rings. The molecule has 0 atom stereocenters. The van der Waals surface area contributed by atoms with Gasteiger partial charge in [0.15, 0.2) is 5.96 Å². The van der Waals surface area contributed by atoms with Gasteiger partial charge in [-0.2, -0.15) is 0 Å². The molecule has 0 unspecified atom stereocenters. The van der Waals surface area contributed by atoms with Crippen LogP contribution in [0.4, 0.5) is 0 Å². The maximum Gasteiger partial charge on any atom is 0.253 e. The molecule has 2 N–H and O–H groups in total. The molecule has 1 heterocycles. The zero-order chi connectivity index (χ0) is 22.1. The number of amides is 1. The van der Waals surface area contributed by atoms with Crippen LogP contribution in [0.2, 0.25) is 0 Å². The molecule has 1 aliphatic carbocycles. The minimum Gasteiger partial charge on any atom is -0.474 e. The molecule has 1 aromatic carbocycles. The lowest BCUT2D eigenvalue weighted by Crippen LogP contribution is -2.37. The summed E-state index contributed by atoms with van der Waals surface area (Å²) in [5.74, 6) is 1.43. The number of nitrogens with one attached hydrogen (secondary N) is 2. The maximum atomic E-state index is 12.0. The van der Waals surface area contributed by atoms with Crippen LogP contribution in [0.3, 0.4) is 0 Å². The summed E-state index contributed by atoms with van der Waals surface area (Å²) < 4.78 is 6.13. The van der Waals surface area contributed by atoms with E-state index in [9.17, 15) is 4.79 Å². The number of aliphatic imine (C=N–C) groups is 1. The smallest absolute Gasteiger partial charge is 0.253 e. The van der Waals surface area contributed by atoms with E-state index < -0.39 is 0 Å². The number of nitrogens with zero attached hydrogens (tertiary/aromatic N) is 3. The molecule has 0 bridgehead atoms. The van der Waals surface area contributed by atoms with Crippen LogP contribution in [0, 0.1) is 0 Å². The lowest BCUT2D eigenvalue weighted by molar-refractivity contribution is 0.0827. The first kappa shape index (κ1) is 25.9. The summed E-state index contributed by atoms with van der Waals surface area (Å²) in [5.41, 5.74) is 2.74. The molecule has 1 fully saturated rings. The van der Waals surface area contributed by atoms with E-state index in [4.69, 9.17) is 4.74 Å². The van der Waals surface area contributed by atoms with Crippen molar-refractivity contribution in [1.82, 2.24) is 20.5 Å². The SMILES string of the molecule is CCNC(=NCc1ccc(C(=O)N(C)C)cc1)NCc1cccnc1OC1CCCC1.I. The number of hydrogen-bond donors (Lipinski definition) is 2. The van der Waals surface area contributed by atoms with Crippen LogP contribution < -0.4 is 15.4 Å². The fraction of sp³-hybridized carbons (Fsp3) is 0.458. The number of carbonyl (C=O) groups is 1. The molecule has 3 rings (SSSR count). The molecule has 174 valence electrons. The second-order valence-electron chi connectivity index (χ2n) is 7.94. The highest BCUT2D eigenvalue weighted by Crippen LogP contribution is 2.24. The van der Waals surface area contributed by atoms with Gasteiger partial charge in [-0.25, -0.2) is 9.98 Å². The lowest BCUT2D eigenvalue weighted by atomic mass is 10.1. The van der Waals surface area contributed by atoms with Crippen molar-refractivity contribution < 1.29 is 9.53 Å². The average Bonchev–Trinajstić information content (AvgIpc) is 3.29. The van der Waals surface area contributed by atoms with Gasteiger partial charge in [0.2, 0.25) is 5.88 Å². The van der Waals surface area contributed by atoms with Crippen molar-refractivity contribution in [3.8, 4) is 5.88 Å². The van der Waals surface area contributed by atoms with Crippen molar-refractivity contribution in [2.24, 2.45) is 4.99 Å². The number of hydrogen-bond acceptors (Lipinski definition) is 4. The van der Waals surface area contributed by atoms with Gasteiger partial charge in [0.25, 0.3) is 5.91 Å². The fourth-order valence-corrected chi connectivity index (χ4v) is 3.53. The molecule has 32 heavy (non-hydrogen) atoms. The van der Waals surface area contributed by atoms with Gasteiger partial charge in [-0.05, 0) is 56.4 Å². The van der Waals surface area contributed by atoms with Crippen LogP contribution in [0.15, 0.2) is 47.6 Å². The Labute approximate surface area is 208 Å². The minimum absolute atomic E-state index is 0. The normalized spacial score (nSPS) is 13.9. The first-order valence-corrected chi connectivity index (χ1v) is 11.0. The summed E-state index contributed by atoms with van der Waals surface area (Å²) in [6, 6.07) is 11.5. The number of benzene rings is 1. The van der Waals surface area contributed by atoms with Crippen molar-refractivity contribution in [3.63, 3.8) is 0 Å². The van der Waals surface area contributed by atoms with E-state index >= 15 is 0 Å². The van der Waals surface area contributed by atoms with Gasteiger partial charge in [0.1, 0.15) is 6.10 Å². The van der Waals surface area contributed by atoms with Crippen LogP contribution in [0.25, 0.3) is 0 Å². The highest BCUT2D eigenvalue weighted by atomic mass is 127. The van der Waals surface area contributed by atoms with E-state index in [-0.39, 0.29) is 36.0 Å². The maximum absolute atomic E-state index is 12.0. The van der Waals surface area contributed by atoms with Crippen molar-refractivity contribution in [2.45, 2.75) is 51.8 Å². The molecule has 1 aromatic heterocycles. The molecule has 1 saturated carbocycles. The van der Waals surface area contributed by atoms with E-state index in [1.807, 2.05) is 43.3 Å². The van der Waals surface area contributed by atoms with Gasteiger partial charge in [-0.15, -0.1) is 24.0 Å². The Kier molecular flexibility index (Phi) is 10.7. The van der Waals surface area contributed by atoms with Crippen LogP contribution in [0.1, 0.15) is 54.1 Å². The van der Waals surface area contributed by atoms with E-state index in [0.29, 0.717) is 24.5 Å². The quantitative estimate of drug-likeness (QED) is 0.295. The standard InChI is InChI=1S/C24H33N5O2.HI/c1-4-25-24(27-16-18-11-13-19(14-12-18)23(30)29(2)3)28-17-20-8-7-15-26-22(20)31-21-9-5-6-10-21;/h7-8,11-15,21H,4-6,9-10,16-17H2,1-3H3,(H2,25,27,28);1H. The Balaban J connectivity index is 0.00000363. The van der Waals surface area contributed by atoms with Crippen molar-refractivity contribution in [1.29, 1.82) is 0 Å². The van der Waals surface area contributed by atoms with Crippen LogP contribution in [0.5, 0.6) is 5.88 Å². The first-order chi connectivity index (χ1) is 15.1. The van der Waals surface area contributed by atoms with E-state index in [1.165, 1.54) is 12.8 Å². The fourth-order valence-electron chi connectivity index (χ4n) is 3.53. The van der Waals surface area contributed by atoms with Gasteiger partial charge >= 0.3 is 0 Å². The Bertz CT molecular complexity index is 880. The monoisotopic (exact) mass is 551 g/mol. The molecular weight excluding hydrogens is 517 g/mol. The third-order valence-corrected chi connectivity index (χ3v) is 5.25. The second kappa shape index (κ2) is 13.2. The summed E-state index contributed by atoms with van der Waals surface area (Å²) in [4.78, 5) is 22.7. The lowest BCUT2D eigenvalue weighted by Gasteiger charge is -2.16. The van der Waals surface area contributed by atoms with Gasteiger partial charge in [0, 0.05) is 44.5 Å². The van der Waals surface area contributed by atoms with Crippen molar-refractivity contribution >= 4 is 35.8 Å². The number of pyridine rings is 1. The van der Waals surface area contributed by atoms with Crippen molar-refractivity contribution in [2.75, 3.05) is 20.6 Å². The Morgan fingerprint density at radius 1 is 1.16 bits per heavy atom. The number of rotatable bonds is 8. The van der Waals surface area contributed by atoms with E-state index in [0.717, 1.165) is 36.5 Å². The van der Waals surface area contributed by atoms with Gasteiger partial charge in [-0.1, -0.05) is 18.2 Å². The van der Waals surface area contributed by atoms with E-state index in [2.05, 4.69) is 20.6 Å². The Hall–Kier alpha value is -2.36. The highest BCUT2D eigenvalue weighted by Gasteiger charge is 2.18. The molecule has 0 spiro atoms. The minimum atomic E-state index is -0.00263. The predicted octanol–water partition coefficient (Wildman–Crippen LogP) is 3.98. The number of ether oxygens (including phenoxy) is 1. The summed E-state index contributed by atoms with van der Waals surface area (Å²) in [7, 11) is 3.50. The third kappa shape index (κ3) is 7.65. The average molecular weight is 551 g/mol. The number of aromatic nitrogens is 1. The van der Waals surface area contributed by atoms with Crippen molar-refractivity contribution in [3.05, 3.63) is 59.3 Å². The van der Waals surface area contributed by atoms with Crippen LogP contribution in [-0.4, -0.2) is 48.5 Å². The highest BCUT2D eigenvalue weighted by molar-refractivity contribution is 14.0. The summed E-state index contributed by atoms with van der Waals surface area (Å²) in [6.45, 7) is 3.90. The number of guanidine groups is 1. The zero-order valence-corrected chi connectivity index (χ0v) is 21.5. The van der Waals surface area contributed by atoms with Crippen LogP contribution in [-0.2, 0) is 13.1 Å². The molecule has 7 nitrogen and oxygen atoms in total. The molecule has 0 saturated heterocycles. The van der Waals surface area contributed by atoms with Crippen LogP contribution >= 0.6 is 24.0 Å². The van der Waals surface area contributed by atoms with E-state index in [1.54, 1.807) is 25.2 Å². The Morgan fingerprint density at radius 2 is 1.88 bits per heavy atom. The van der Waals surface area contributed by atoms with Gasteiger partial charge in [0.05, 0.1) is 6.54 Å². The zero-order valence-electron chi connectivity index (χ0n) is 19.1. The second-order valence-corrected chi connectivity index (χ2v) is 7.94. The van der Waals surface area contributed by atoms with Gasteiger partial charge in [-0.3, -0.25) is 4.79 Å². The predicted molar refractivity (Wildman–Crippen MR) is 139 cm³/mol. The molecule has 0 aliphatic heterocycles. The third-order valence-electron chi connectivity index (χ3n) is 5.25.